The van der Waals surface area contributed by atoms with Crippen LogP contribution in [0.3, 0.4) is 0 Å². The van der Waals surface area contributed by atoms with Crippen LogP contribution in [0.4, 0.5) is 0 Å². The Kier molecular flexibility index (Phi) is 5.62. The standard InChI is InChI=1S/C17H24N2O2S/c20-17(7-6-16-5-3-11-21-16)19-10-4-12-22-14-15(19)13-18-8-1-2-9-18/h3,5-7,11,15H,1-2,4,8-10,12-14H2/b7-6+. The Morgan fingerprint density at radius 1 is 1.32 bits per heavy atom. The van der Waals surface area contributed by atoms with E-state index in [9.17, 15) is 4.79 Å². The third kappa shape index (κ3) is 4.17. The molecule has 4 nitrogen and oxygen atoms in total. The van der Waals surface area contributed by atoms with Crippen LogP contribution in [0.1, 0.15) is 25.0 Å². The maximum Gasteiger partial charge on any atom is 0.247 e. The molecule has 120 valence electrons. The molecule has 5 heteroatoms. The highest BCUT2D eigenvalue weighted by molar-refractivity contribution is 7.99. The molecule has 3 rings (SSSR count). The third-order valence-corrected chi connectivity index (χ3v) is 5.52. The molecule has 0 spiro atoms. The van der Waals surface area contributed by atoms with Crippen LogP contribution in [0, 0.1) is 0 Å². The van der Waals surface area contributed by atoms with Crippen LogP contribution < -0.4 is 0 Å². The fourth-order valence-electron chi connectivity index (χ4n) is 3.17. The molecular formula is C17H24N2O2S. The Hall–Kier alpha value is -1.20. The van der Waals surface area contributed by atoms with E-state index in [2.05, 4.69) is 9.80 Å². The van der Waals surface area contributed by atoms with Crippen LogP contribution >= 0.6 is 11.8 Å². The van der Waals surface area contributed by atoms with Crippen molar-refractivity contribution >= 4 is 23.7 Å². The maximum absolute atomic E-state index is 12.6. The van der Waals surface area contributed by atoms with Gasteiger partial charge in [0.05, 0.1) is 12.3 Å². The quantitative estimate of drug-likeness (QED) is 0.799. The lowest BCUT2D eigenvalue weighted by Gasteiger charge is -2.32. The van der Waals surface area contributed by atoms with Gasteiger partial charge in [0.2, 0.25) is 5.91 Å². The van der Waals surface area contributed by atoms with Gasteiger partial charge >= 0.3 is 0 Å². The number of rotatable bonds is 4. The molecule has 2 aliphatic heterocycles. The first-order valence-corrected chi connectivity index (χ1v) is 9.31. The van der Waals surface area contributed by atoms with Gasteiger partial charge in [0.15, 0.2) is 0 Å². The van der Waals surface area contributed by atoms with E-state index in [-0.39, 0.29) is 5.91 Å². The molecule has 2 saturated heterocycles. The summed E-state index contributed by atoms with van der Waals surface area (Å²) in [4.78, 5) is 17.2. The van der Waals surface area contributed by atoms with Crippen LogP contribution in [0.5, 0.6) is 0 Å². The highest BCUT2D eigenvalue weighted by Gasteiger charge is 2.27. The Labute approximate surface area is 136 Å². The van der Waals surface area contributed by atoms with Crippen molar-refractivity contribution in [3.8, 4) is 0 Å². The molecule has 1 amide bonds. The van der Waals surface area contributed by atoms with Gasteiger partial charge in [-0.15, -0.1) is 0 Å². The smallest absolute Gasteiger partial charge is 0.247 e. The first-order chi connectivity index (χ1) is 10.8. The predicted molar refractivity (Wildman–Crippen MR) is 90.9 cm³/mol. The fraction of sp³-hybridized carbons (Fsp3) is 0.588. The molecule has 0 aliphatic carbocycles. The second-order valence-electron chi connectivity index (χ2n) is 5.97. The summed E-state index contributed by atoms with van der Waals surface area (Å²) >= 11 is 1.98. The summed E-state index contributed by atoms with van der Waals surface area (Å²) in [5.74, 6) is 3.05. The van der Waals surface area contributed by atoms with Crippen molar-refractivity contribution in [2.45, 2.75) is 25.3 Å². The summed E-state index contributed by atoms with van der Waals surface area (Å²) in [6, 6.07) is 4.03. The largest absolute Gasteiger partial charge is 0.465 e. The minimum Gasteiger partial charge on any atom is -0.465 e. The molecule has 0 radical (unpaired) electrons. The van der Waals surface area contributed by atoms with Gasteiger partial charge in [-0.1, -0.05) is 0 Å². The van der Waals surface area contributed by atoms with Gasteiger partial charge in [-0.05, 0) is 56.3 Å². The molecule has 0 saturated carbocycles. The topological polar surface area (TPSA) is 36.7 Å². The highest BCUT2D eigenvalue weighted by atomic mass is 32.2. The summed E-state index contributed by atoms with van der Waals surface area (Å²) in [6.07, 6.45) is 8.74. The lowest BCUT2D eigenvalue weighted by Crippen LogP contribution is -2.47. The second-order valence-corrected chi connectivity index (χ2v) is 7.12. The van der Waals surface area contributed by atoms with Gasteiger partial charge in [-0.2, -0.15) is 11.8 Å². The first kappa shape index (κ1) is 15.7. The monoisotopic (exact) mass is 320 g/mol. The molecule has 3 heterocycles. The summed E-state index contributed by atoms with van der Waals surface area (Å²) in [5, 5.41) is 0. The molecule has 1 atom stereocenters. The third-order valence-electron chi connectivity index (χ3n) is 4.32. The van der Waals surface area contributed by atoms with E-state index in [1.54, 1.807) is 18.4 Å². The number of carbonyl (C=O) groups excluding carboxylic acids is 1. The number of likely N-dealkylation sites (tertiary alicyclic amines) is 1. The first-order valence-electron chi connectivity index (χ1n) is 8.15. The second kappa shape index (κ2) is 7.88. The zero-order valence-electron chi connectivity index (χ0n) is 12.9. The Morgan fingerprint density at radius 2 is 2.18 bits per heavy atom. The van der Waals surface area contributed by atoms with E-state index in [4.69, 9.17) is 4.42 Å². The minimum atomic E-state index is 0.114. The molecule has 1 unspecified atom stereocenters. The average molecular weight is 320 g/mol. The molecule has 0 N–H and O–H groups in total. The number of hydrogen-bond acceptors (Lipinski definition) is 4. The van der Waals surface area contributed by atoms with E-state index in [1.807, 2.05) is 23.9 Å². The number of carbonyl (C=O) groups is 1. The van der Waals surface area contributed by atoms with Gasteiger partial charge in [-0.25, -0.2) is 0 Å². The van der Waals surface area contributed by atoms with Gasteiger partial charge in [0.25, 0.3) is 0 Å². The van der Waals surface area contributed by atoms with Crippen molar-refractivity contribution in [2.24, 2.45) is 0 Å². The highest BCUT2D eigenvalue weighted by Crippen LogP contribution is 2.20. The van der Waals surface area contributed by atoms with E-state index in [1.165, 1.54) is 25.9 Å². The Balaban J connectivity index is 1.64. The molecule has 1 aromatic rings. The molecule has 2 fully saturated rings. The van der Waals surface area contributed by atoms with Crippen molar-refractivity contribution in [1.29, 1.82) is 0 Å². The molecule has 0 bridgehead atoms. The van der Waals surface area contributed by atoms with E-state index >= 15 is 0 Å². The number of thioether (sulfide) groups is 1. The van der Waals surface area contributed by atoms with Gasteiger partial charge < -0.3 is 14.2 Å². The van der Waals surface area contributed by atoms with Crippen molar-refractivity contribution in [1.82, 2.24) is 9.80 Å². The van der Waals surface area contributed by atoms with Gasteiger partial charge in [0.1, 0.15) is 5.76 Å². The average Bonchev–Trinajstić information content (AvgIpc) is 3.16. The van der Waals surface area contributed by atoms with E-state index < -0.39 is 0 Å². The lowest BCUT2D eigenvalue weighted by atomic mass is 10.2. The summed E-state index contributed by atoms with van der Waals surface area (Å²) in [7, 11) is 0. The SMILES string of the molecule is O=C(/C=C/c1ccco1)N1CCCSCC1CN1CCCC1. The molecule has 2 aliphatic rings. The van der Waals surface area contributed by atoms with Crippen LogP contribution in [-0.2, 0) is 4.79 Å². The van der Waals surface area contributed by atoms with Gasteiger partial charge in [0, 0.05) is 24.9 Å². The lowest BCUT2D eigenvalue weighted by molar-refractivity contribution is -0.128. The predicted octanol–water partition coefficient (Wildman–Crippen LogP) is 2.72. The van der Waals surface area contributed by atoms with E-state index in [0.29, 0.717) is 6.04 Å². The molecule has 1 aromatic heterocycles. The van der Waals surface area contributed by atoms with Crippen LogP contribution in [-0.4, -0.2) is 59.4 Å². The summed E-state index contributed by atoms with van der Waals surface area (Å²) < 4.78 is 5.26. The number of hydrogen-bond donors (Lipinski definition) is 0. The van der Waals surface area contributed by atoms with E-state index in [0.717, 1.165) is 36.8 Å². The number of amides is 1. The molecule has 22 heavy (non-hydrogen) atoms. The van der Waals surface area contributed by atoms with Crippen molar-refractivity contribution < 1.29 is 9.21 Å². The normalized spacial score (nSPS) is 24.0. The zero-order valence-corrected chi connectivity index (χ0v) is 13.8. The Bertz CT molecular complexity index is 495. The number of furan rings is 1. The fourth-order valence-corrected chi connectivity index (χ4v) is 4.23. The molecule has 0 aromatic carbocycles. The minimum absolute atomic E-state index is 0.114. The number of nitrogens with zero attached hydrogens (tertiary/aromatic N) is 2. The molecular weight excluding hydrogens is 296 g/mol. The zero-order chi connectivity index (χ0) is 15.2. The van der Waals surface area contributed by atoms with Crippen LogP contribution in [0.2, 0.25) is 0 Å². The van der Waals surface area contributed by atoms with Crippen LogP contribution in [0.15, 0.2) is 28.9 Å². The Morgan fingerprint density at radius 3 is 2.95 bits per heavy atom. The van der Waals surface area contributed by atoms with Crippen molar-refractivity contribution in [2.75, 3.05) is 37.7 Å². The van der Waals surface area contributed by atoms with Gasteiger partial charge in [-0.3, -0.25) is 4.79 Å². The van der Waals surface area contributed by atoms with Crippen LogP contribution in [0.25, 0.3) is 6.08 Å². The van der Waals surface area contributed by atoms with Crippen molar-refractivity contribution in [3.05, 3.63) is 30.2 Å². The maximum atomic E-state index is 12.6. The summed E-state index contributed by atoms with van der Waals surface area (Å²) in [5.41, 5.74) is 0. The van der Waals surface area contributed by atoms with Crippen molar-refractivity contribution in [3.63, 3.8) is 0 Å². The summed E-state index contributed by atoms with van der Waals surface area (Å²) in [6.45, 7) is 4.26.